The second-order valence-electron chi connectivity index (χ2n) is 9.73. The van der Waals surface area contributed by atoms with Gasteiger partial charge in [-0.2, -0.15) is 0 Å². The van der Waals surface area contributed by atoms with E-state index in [2.05, 4.69) is 84.6 Å². The van der Waals surface area contributed by atoms with E-state index in [4.69, 9.17) is 4.98 Å². The molecule has 0 unspecified atom stereocenters. The van der Waals surface area contributed by atoms with E-state index in [1.807, 2.05) is 18.3 Å². The van der Waals surface area contributed by atoms with Crippen molar-refractivity contribution in [3.63, 3.8) is 0 Å². The van der Waals surface area contributed by atoms with Crippen LogP contribution in [-0.2, 0) is 0 Å². The Bertz CT molecular complexity index is 1090. The summed E-state index contributed by atoms with van der Waals surface area (Å²) in [5, 5.41) is 6.77. The van der Waals surface area contributed by atoms with Gasteiger partial charge in [0, 0.05) is 94.8 Å². The lowest BCUT2D eigenvalue weighted by Gasteiger charge is -2.34. The van der Waals surface area contributed by atoms with Gasteiger partial charge in [0.1, 0.15) is 5.82 Å². The number of nitrogens with zero attached hydrogens (tertiary/aromatic N) is 7. The summed E-state index contributed by atoms with van der Waals surface area (Å²) < 4.78 is 0. The van der Waals surface area contributed by atoms with E-state index in [-0.39, 0.29) is 0 Å². The summed E-state index contributed by atoms with van der Waals surface area (Å²) in [5.41, 5.74) is 4.04. The van der Waals surface area contributed by atoms with Gasteiger partial charge in [-0.25, -0.2) is 15.0 Å². The molecule has 0 radical (unpaired) electrons. The first kappa shape index (κ1) is 24.4. The first-order valence-electron chi connectivity index (χ1n) is 12.9. The average molecular weight is 488 g/mol. The number of hydrogen-bond acceptors (Lipinski definition) is 9. The molecule has 2 aliphatic rings. The molecule has 2 aliphatic heterocycles. The number of pyridine rings is 1. The SMILES string of the molecule is CN1CCN(CCNc2ccc(-c3ccnc(Nc4ccc(N5CCN(C)CC5)cc4)n3)cn2)CC1. The molecule has 9 nitrogen and oxygen atoms in total. The zero-order valence-corrected chi connectivity index (χ0v) is 21.4. The van der Waals surface area contributed by atoms with Gasteiger partial charge in [-0.3, -0.25) is 4.90 Å². The second-order valence-corrected chi connectivity index (χ2v) is 9.73. The molecule has 3 aromatic rings. The lowest BCUT2D eigenvalue weighted by atomic mass is 10.2. The summed E-state index contributed by atoms with van der Waals surface area (Å²) in [4.78, 5) is 23.4. The van der Waals surface area contributed by atoms with Crippen LogP contribution in [0.4, 0.5) is 23.1 Å². The zero-order valence-electron chi connectivity index (χ0n) is 21.4. The minimum Gasteiger partial charge on any atom is -0.369 e. The molecule has 2 N–H and O–H groups in total. The van der Waals surface area contributed by atoms with Crippen molar-refractivity contribution in [1.29, 1.82) is 0 Å². The van der Waals surface area contributed by atoms with E-state index in [9.17, 15) is 0 Å². The number of hydrogen-bond donors (Lipinski definition) is 2. The van der Waals surface area contributed by atoms with Gasteiger partial charge >= 0.3 is 0 Å². The van der Waals surface area contributed by atoms with Crippen molar-refractivity contribution in [2.75, 3.05) is 95.1 Å². The van der Waals surface area contributed by atoms with Crippen LogP contribution in [0, 0.1) is 0 Å². The monoisotopic (exact) mass is 487 g/mol. The lowest BCUT2D eigenvalue weighted by molar-refractivity contribution is 0.158. The van der Waals surface area contributed by atoms with Gasteiger partial charge in [0.2, 0.25) is 5.95 Å². The predicted molar refractivity (Wildman–Crippen MR) is 147 cm³/mol. The molecule has 36 heavy (non-hydrogen) atoms. The van der Waals surface area contributed by atoms with Crippen LogP contribution in [0.2, 0.25) is 0 Å². The van der Waals surface area contributed by atoms with Crippen LogP contribution in [-0.4, -0.2) is 109 Å². The topological polar surface area (TPSA) is 75.7 Å². The Hall–Kier alpha value is -3.27. The van der Waals surface area contributed by atoms with Gasteiger partial charge in [0.15, 0.2) is 0 Å². The van der Waals surface area contributed by atoms with Gasteiger partial charge in [-0.1, -0.05) is 0 Å². The maximum atomic E-state index is 4.71. The van der Waals surface area contributed by atoms with Crippen LogP contribution in [0.1, 0.15) is 0 Å². The highest BCUT2D eigenvalue weighted by Crippen LogP contribution is 2.23. The number of nitrogens with one attached hydrogen (secondary N) is 2. The Balaban J connectivity index is 1.14. The van der Waals surface area contributed by atoms with Crippen molar-refractivity contribution in [2.45, 2.75) is 0 Å². The molecule has 9 heteroatoms. The van der Waals surface area contributed by atoms with Crippen molar-refractivity contribution in [3.8, 4) is 11.3 Å². The average Bonchev–Trinajstić information content (AvgIpc) is 2.91. The van der Waals surface area contributed by atoms with E-state index in [1.165, 1.54) is 5.69 Å². The molecular formula is C27H37N9. The highest BCUT2D eigenvalue weighted by atomic mass is 15.3. The Morgan fingerprint density at radius 2 is 1.50 bits per heavy atom. The molecule has 4 heterocycles. The Kier molecular flexibility index (Phi) is 7.90. The van der Waals surface area contributed by atoms with Crippen LogP contribution >= 0.6 is 0 Å². The minimum absolute atomic E-state index is 0.578. The first-order chi connectivity index (χ1) is 17.6. The van der Waals surface area contributed by atoms with Crippen LogP contribution in [0.25, 0.3) is 11.3 Å². The smallest absolute Gasteiger partial charge is 0.227 e. The number of anilines is 4. The summed E-state index contributed by atoms with van der Waals surface area (Å²) in [7, 11) is 4.36. The number of benzene rings is 1. The van der Waals surface area contributed by atoms with Gasteiger partial charge in [-0.15, -0.1) is 0 Å². The fraction of sp³-hybridized carbons (Fsp3) is 0.444. The van der Waals surface area contributed by atoms with Gasteiger partial charge in [0.25, 0.3) is 0 Å². The molecule has 190 valence electrons. The fourth-order valence-electron chi connectivity index (χ4n) is 4.59. The van der Waals surface area contributed by atoms with Crippen LogP contribution < -0.4 is 15.5 Å². The molecule has 0 aliphatic carbocycles. The maximum Gasteiger partial charge on any atom is 0.227 e. The van der Waals surface area contributed by atoms with E-state index in [1.54, 1.807) is 6.20 Å². The van der Waals surface area contributed by atoms with Crippen LogP contribution in [0.5, 0.6) is 0 Å². The van der Waals surface area contributed by atoms with E-state index < -0.39 is 0 Å². The lowest BCUT2D eigenvalue weighted by Crippen LogP contribution is -2.45. The zero-order chi connectivity index (χ0) is 24.7. The highest BCUT2D eigenvalue weighted by Gasteiger charge is 2.15. The summed E-state index contributed by atoms with van der Waals surface area (Å²) in [6.45, 7) is 10.8. The predicted octanol–water partition coefficient (Wildman–Crippen LogP) is 2.69. The van der Waals surface area contributed by atoms with E-state index in [0.29, 0.717) is 5.95 Å². The molecular weight excluding hydrogens is 450 g/mol. The molecule has 0 saturated carbocycles. The van der Waals surface area contributed by atoms with Gasteiger partial charge in [-0.05, 0) is 56.6 Å². The van der Waals surface area contributed by atoms with Gasteiger partial charge < -0.3 is 25.3 Å². The van der Waals surface area contributed by atoms with Gasteiger partial charge in [0.05, 0.1) is 5.69 Å². The van der Waals surface area contributed by atoms with E-state index >= 15 is 0 Å². The highest BCUT2D eigenvalue weighted by molar-refractivity contribution is 5.63. The molecule has 0 amide bonds. The molecule has 1 aromatic carbocycles. The molecule has 2 fully saturated rings. The van der Waals surface area contributed by atoms with Crippen molar-refractivity contribution >= 4 is 23.1 Å². The number of aromatic nitrogens is 3. The third-order valence-corrected chi connectivity index (χ3v) is 7.04. The molecule has 2 saturated heterocycles. The molecule has 0 spiro atoms. The minimum atomic E-state index is 0.578. The van der Waals surface area contributed by atoms with E-state index in [0.717, 1.165) is 88.2 Å². The van der Waals surface area contributed by atoms with Crippen molar-refractivity contribution in [3.05, 3.63) is 54.9 Å². The van der Waals surface area contributed by atoms with Crippen molar-refractivity contribution in [2.24, 2.45) is 0 Å². The van der Waals surface area contributed by atoms with Crippen molar-refractivity contribution < 1.29 is 0 Å². The van der Waals surface area contributed by atoms with Crippen LogP contribution in [0.3, 0.4) is 0 Å². The normalized spacial score (nSPS) is 17.8. The quantitative estimate of drug-likeness (QED) is 0.499. The summed E-state index contributed by atoms with van der Waals surface area (Å²) in [6.07, 6.45) is 3.65. The summed E-state index contributed by atoms with van der Waals surface area (Å²) in [5.74, 6) is 1.47. The number of rotatable bonds is 8. The largest absolute Gasteiger partial charge is 0.369 e. The number of likely N-dealkylation sites (N-methyl/N-ethyl adjacent to an activating group) is 2. The second kappa shape index (κ2) is 11.6. The maximum absolute atomic E-state index is 4.71. The molecule has 5 rings (SSSR count). The van der Waals surface area contributed by atoms with Crippen molar-refractivity contribution in [1.82, 2.24) is 29.7 Å². The Morgan fingerprint density at radius 1 is 0.778 bits per heavy atom. The first-order valence-corrected chi connectivity index (χ1v) is 12.9. The van der Waals surface area contributed by atoms with Crippen LogP contribution in [0.15, 0.2) is 54.9 Å². The molecule has 2 aromatic heterocycles. The standard InChI is InChI=1S/C27H37N9/c1-33-13-17-35(18-14-33)12-11-28-26-8-3-22(21-30-26)25-9-10-29-27(32-25)31-23-4-6-24(7-5-23)36-19-15-34(2)16-20-36/h3-10,21H,11-20H2,1-2H3,(H,28,30)(H,29,31,32). The summed E-state index contributed by atoms with van der Waals surface area (Å²) in [6, 6.07) is 14.5. The molecule has 0 bridgehead atoms. The summed E-state index contributed by atoms with van der Waals surface area (Å²) >= 11 is 0. The third kappa shape index (κ3) is 6.48. The Morgan fingerprint density at radius 3 is 2.19 bits per heavy atom. The molecule has 0 atom stereocenters. The number of piperazine rings is 2. The third-order valence-electron chi connectivity index (χ3n) is 7.04. The fourth-order valence-corrected chi connectivity index (χ4v) is 4.59. The Labute approximate surface area is 214 Å².